The Balaban J connectivity index is 2.42. The molecule has 0 aliphatic rings. The molecular weight excluding hydrogens is 270 g/mol. The van der Waals surface area contributed by atoms with Crippen molar-refractivity contribution in [2.24, 2.45) is 5.92 Å². The second-order valence-corrected chi connectivity index (χ2v) is 5.08. The van der Waals surface area contributed by atoms with Gasteiger partial charge < -0.3 is 15.7 Å². The molecule has 0 atom stereocenters. The number of nitrogens with one attached hydrogen (secondary N) is 2. The molecule has 0 radical (unpaired) electrons. The highest BCUT2D eigenvalue weighted by Gasteiger charge is 2.15. The van der Waals surface area contributed by atoms with Gasteiger partial charge in [-0.15, -0.1) is 11.3 Å². The van der Waals surface area contributed by atoms with E-state index in [1.807, 2.05) is 13.8 Å². The van der Waals surface area contributed by atoms with Gasteiger partial charge in [-0.05, 0) is 5.92 Å². The number of aromatic nitrogens is 1. The van der Waals surface area contributed by atoms with Crippen LogP contribution in [0.2, 0.25) is 0 Å². The number of amides is 2. The van der Waals surface area contributed by atoms with Crippen molar-refractivity contribution in [1.29, 1.82) is 0 Å². The molecule has 2 amide bonds. The van der Waals surface area contributed by atoms with Crippen LogP contribution in [0, 0.1) is 5.92 Å². The van der Waals surface area contributed by atoms with Crippen LogP contribution in [0.1, 0.15) is 34.1 Å². The van der Waals surface area contributed by atoms with Crippen LogP contribution < -0.4 is 10.6 Å². The summed E-state index contributed by atoms with van der Waals surface area (Å²) < 4.78 is 0. The average molecular weight is 285 g/mol. The first-order chi connectivity index (χ1) is 8.90. The highest BCUT2D eigenvalue weighted by atomic mass is 32.1. The average Bonchev–Trinajstić information content (AvgIpc) is 2.83. The molecule has 104 valence electrons. The molecule has 0 unspecified atom stereocenters. The van der Waals surface area contributed by atoms with E-state index in [1.54, 1.807) is 0 Å². The first-order valence-corrected chi connectivity index (χ1v) is 6.51. The molecule has 0 aliphatic heterocycles. The number of nitrogens with zero attached hydrogens (tertiary/aromatic N) is 1. The fourth-order valence-electron chi connectivity index (χ4n) is 1.09. The van der Waals surface area contributed by atoms with Crippen LogP contribution in [0.15, 0.2) is 5.38 Å². The van der Waals surface area contributed by atoms with Crippen molar-refractivity contribution < 1.29 is 19.5 Å². The van der Waals surface area contributed by atoms with Crippen LogP contribution in [-0.4, -0.2) is 41.0 Å². The van der Waals surface area contributed by atoms with E-state index in [-0.39, 0.29) is 23.2 Å². The third-order valence-electron chi connectivity index (χ3n) is 2.03. The molecule has 1 heterocycles. The predicted molar refractivity (Wildman–Crippen MR) is 69.3 cm³/mol. The zero-order valence-corrected chi connectivity index (χ0v) is 11.4. The molecule has 1 aromatic rings. The first-order valence-electron chi connectivity index (χ1n) is 5.64. The lowest BCUT2D eigenvalue weighted by molar-refractivity contribution is -0.120. The molecule has 0 bridgehead atoms. The van der Waals surface area contributed by atoms with E-state index in [9.17, 15) is 14.4 Å². The lowest BCUT2D eigenvalue weighted by atomic mass is 10.2. The number of aromatic carboxylic acids is 1. The molecule has 1 rings (SSSR count). The van der Waals surface area contributed by atoms with Crippen LogP contribution in [-0.2, 0) is 4.79 Å². The summed E-state index contributed by atoms with van der Waals surface area (Å²) in [6, 6.07) is 0. The Bertz CT molecular complexity index is 484. The van der Waals surface area contributed by atoms with E-state index in [0.29, 0.717) is 12.5 Å². The summed E-state index contributed by atoms with van der Waals surface area (Å²) >= 11 is 0.920. The van der Waals surface area contributed by atoms with Gasteiger partial charge in [-0.1, -0.05) is 13.8 Å². The van der Waals surface area contributed by atoms with Gasteiger partial charge in [0, 0.05) is 11.9 Å². The summed E-state index contributed by atoms with van der Waals surface area (Å²) in [5, 5.41) is 15.0. The van der Waals surface area contributed by atoms with Crippen LogP contribution in [0.4, 0.5) is 0 Å². The van der Waals surface area contributed by atoms with Crippen molar-refractivity contribution in [1.82, 2.24) is 15.6 Å². The Morgan fingerprint density at radius 2 is 2.05 bits per heavy atom. The number of carbonyl (C=O) groups is 3. The van der Waals surface area contributed by atoms with Gasteiger partial charge in [0.1, 0.15) is 0 Å². The minimum atomic E-state index is -1.19. The Kier molecular flexibility index (Phi) is 5.43. The van der Waals surface area contributed by atoms with Gasteiger partial charge in [0.15, 0.2) is 10.7 Å². The highest BCUT2D eigenvalue weighted by Crippen LogP contribution is 2.09. The molecule has 0 saturated carbocycles. The van der Waals surface area contributed by atoms with Crippen LogP contribution in [0.25, 0.3) is 0 Å². The molecule has 7 nitrogen and oxygen atoms in total. The van der Waals surface area contributed by atoms with Crippen molar-refractivity contribution in [3.63, 3.8) is 0 Å². The van der Waals surface area contributed by atoms with Crippen molar-refractivity contribution in [3.05, 3.63) is 16.1 Å². The van der Waals surface area contributed by atoms with Crippen molar-refractivity contribution in [2.45, 2.75) is 13.8 Å². The maximum atomic E-state index is 11.6. The van der Waals surface area contributed by atoms with Gasteiger partial charge in [0.2, 0.25) is 5.91 Å². The topological polar surface area (TPSA) is 108 Å². The van der Waals surface area contributed by atoms with Crippen molar-refractivity contribution in [2.75, 3.05) is 13.1 Å². The standard InChI is InChI=1S/C11H15N3O4S/c1-6(2)3-12-8(15)4-13-9(16)10-14-7(5-19-10)11(17)18/h5-6H,3-4H2,1-2H3,(H,12,15)(H,13,16)(H,17,18). The van der Waals surface area contributed by atoms with Gasteiger partial charge in [0.05, 0.1) is 6.54 Å². The van der Waals surface area contributed by atoms with E-state index >= 15 is 0 Å². The third-order valence-corrected chi connectivity index (χ3v) is 2.88. The van der Waals surface area contributed by atoms with Crippen molar-refractivity contribution in [3.8, 4) is 0 Å². The van der Waals surface area contributed by atoms with Crippen molar-refractivity contribution >= 4 is 29.1 Å². The summed E-state index contributed by atoms with van der Waals surface area (Å²) in [5.74, 6) is -1.71. The van der Waals surface area contributed by atoms with Gasteiger partial charge in [-0.3, -0.25) is 9.59 Å². The van der Waals surface area contributed by atoms with Crippen LogP contribution in [0.3, 0.4) is 0 Å². The lowest BCUT2D eigenvalue weighted by Crippen LogP contribution is -2.38. The Hall–Kier alpha value is -1.96. The SMILES string of the molecule is CC(C)CNC(=O)CNC(=O)c1nc(C(=O)O)cs1. The Labute approximate surface area is 114 Å². The fourth-order valence-corrected chi connectivity index (χ4v) is 1.80. The third kappa shape index (κ3) is 5.04. The molecule has 0 fully saturated rings. The molecule has 3 N–H and O–H groups in total. The normalized spacial score (nSPS) is 10.3. The van der Waals surface area contributed by atoms with Gasteiger partial charge in [0.25, 0.3) is 5.91 Å². The minimum Gasteiger partial charge on any atom is -0.476 e. The summed E-state index contributed by atoms with van der Waals surface area (Å²) in [5.41, 5.74) is -0.181. The van der Waals surface area contributed by atoms with E-state index in [2.05, 4.69) is 15.6 Å². The predicted octanol–water partition coefficient (Wildman–Crippen LogP) is 0.343. The number of rotatable bonds is 6. The largest absolute Gasteiger partial charge is 0.476 e. The van der Waals surface area contributed by atoms with Gasteiger partial charge in [-0.25, -0.2) is 9.78 Å². The van der Waals surface area contributed by atoms with Crippen LogP contribution >= 0.6 is 11.3 Å². The fraction of sp³-hybridized carbons (Fsp3) is 0.455. The summed E-state index contributed by atoms with van der Waals surface area (Å²) in [4.78, 5) is 37.2. The van der Waals surface area contributed by atoms with Crippen LogP contribution in [0.5, 0.6) is 0 Å². The molecule has 0 aliphatic carbocycles. The number of carboxylic acid groups (broad SMARTS) is 1. The number of carbonyl (C=O) groups excluding carboxylic acids is 2. The molecule has 1 aromatic heterocycles. The van der Waals surface area contributed by atoms with E-state index in [1.165, 1.54) is 5.38 Å². The molecule has 8 heteroatoms. The second kappa shape index (κ2) is 6.83. The molecule has 0 aromatic carbocycles. The molecule has 0 saturated heterocycles. The molecule has 0 spiro atoms. The Morgan fingerprint density at radius 1 is 1.37 bits per heavy atom. The van der Waals surface area contributed by atoms with Gasteiger partial charge in [-0.2, -0.15) is 0 Å². The number of hydrogen-bond donors (Lipinski definition) is 3. The van der Waals surface area contributed by atoms with E-state index in [4.69, 9.17) is 5.11 Å². The van der Waals surface area contributed by atoms with E-state index in [0.717, 1.165) is 11.3 Å². The zero-order chi connectivity index (χ0) is 14.4. The summed E-state index contributed by atoms with van der Waals surface area (Å²) in [6.07, 6.45) is 0. The zero-order valence-electron chi connectivity index (χ0n) is 10.6. The highest BCUT2D eigenvalue weighted by molar-refractivity contribution is 7.11. The maximum absolute atomic E-state index is 11.6. The molecular formula is C11H15N3O4S. The number of carboxylic acids is 1. The van der Waals surface area contributed by atoms with Gasteiger partial charge >= 0.3 is 5.97 Å². The minimum absolute atomic E-state index is 0.0223. The quantitative estimate of drug-likeness (QED) is 0.698. The monoisotopic (exact) mass is 285 g/mol. The number of thiazole rings is 1. The molecule has 19 heavy (non-hydrogen) atoms. The first kappa shape index (κ1) is 15.1. The lowest BCUT2D eigenvalue weighted by Gasteiger charge is -2.07. The number of hydrogen-bond acceptors (Lipinski definition) is 5. The van der Waals surface area contributed by atoms with E-state index < -0.39 is 11.9 Å². The summed E-state index contributed by atoms with van der Waals surface area (Å²) in [7, 11) is 0. The maximum Gasteiger partial charge on any atom is 0.355 e. The smallest absolute Gasteiger partial charge is 0.355 e. The second-order valence-electron chi connectivity index (χ2n) is 4.22. The Morgan fingerprint density at radius 3 is 2.58 bits per heavy atom. The summed E-state index contributed by atoms with van der Waals surface area (Å²) in [6.45, 7) is 4.30.